The molecule has 0 atom stereocenters. The maximum atomic E-state index is 12.6. The topological polar surface area (TPSA) is 115 Å². The molecule has 29 heavy (non-hydrogen) atoms. The third-order valence-corrected chi connectivity index (χ3v) is 7.35. The number of hydrogen-bond acceptors (Lipinski definition) is 9. The molecular weight excluding hydrogens is 416 g/mol. The van der Waals surface area contributed by atoms with Gasteiger partial charge in [0.25, 0.3) is 5.89 Å². The summed E-state index contributed by atoms with van der Waals surface area (Å²) >= 11 is 1.49. The molecular formula is C18H18N4O5S2. The number of rotatable bonds is 6. The Hall–Kier alpha value is -2.63. The lowest BCUT2D eigenvalue weighted by molar-refractivity contribution is -0.152. The summed E-state index contributed by atoms with van der Waals surface area (Å²) in [6.45, 7) is 0.394. The van der Waals surface area contributed by atoms with Crippen LogP contribution >= 0.6 is 11.3 Å². The molecule has 3 aromatic rings. The molecule has 4 heterocycles. The fraction of sp³-hybridized carbons (Fsp3) is 0.333. The molecule has 0 radical (unpaired) electrons. The van der Waals surface area contributed by atoms with Gasteiger partial charge in [-0.3, -0.25) is 9.78 Å². The van der Waals surface area contributed by atoms with Gasteiger partial charge in [-0.2, -0.15) is 9.29 Å². The van der Waals surface area contributed by atoms with Gasteiger partial charge in [-0.05, 0) is 36.4 Å². The molecule has 1 aliphatic rings. The average Bonchev–Trinajstić information content (AvgIpc) is 3.44. The number of sulfonamides is 1. The molecule has 11 heteroatoms. The maximum Gasteiger partial charge on any atom is 0.309 e. The van der Waals surface area contributed by atoms with Crippen LogP contribution in [0.2, 0.25) is 0 Å². The molecule has 0 saturated carbocycles. The van der Waals surface area contributed by atoms with Gasteiger partial charge in [0.2, 0.25) is 15.8 Å². The second-order valence-corrected chi connectivity index (χ2v) is 9.35. The van der Waals surface area contributed by atoms with Crippen molar-refractivity contribution in [2.24, 2.45) is 5.92 Å². The van der Waals surface area contributed by atoms with Crippen molar-refractivity contribution >= 4 is 27.3 Å². The predicted molar refractivity (Wildman–Crippen MR) is 103 cm³/mol. The van der Waals surface area contributed by atoms with Crippen LogP contribution in [-0.2, 0) is 26.2 Å². The van der Waals surface area contributed by atoms with Crippen LogP contribution < -0.4 is 0 Å². The number of piperidine rings is 1. The Morgan fingerprint density at radius 1 is 1.28 bits per heavy atom. The van der Waals surface area contributed by atoms with Crippen LogP contribution in [0.1, 0.15) is 18.7 Å². The molecule has 0 bridgehead atoms. The highest BCUT2D eigenvalue weighted by Gasteiger charge is 2.33. The SMILES string of the molecule is O=C(OCc1nc(-c2cccs2)no1)C1CCN(S(=O)(=O)c2cccnc2)CC1. The Kier molecular flexibility index (Phi) is 5.69. The fourth-order valence-corrected chi connectivity index (χ4v) is 5.13. The van der Waals surface area contributed by atoms with Gasteiger partial charge in [-0.15, -0.1) is 11.3 Å². The van der Waals surface area contributed by atoms with E-state index in [-0.39, 0.29) is 42.4 Å². The van der Waals surface area contributed by atoms with E-state index >= 15 is 0 Å². The average molecular weight is 434 g/mol. The van der Waals surface area contributed by atoms with Crippen molar-refractivity contribution in [1.29, 1.82) is 0 Å². The van der Waals surface area contributed by atoms with Crippen molar-refractivity contribution in [3.05, 3.63) is 47.9 Å². The lowest BCUT2D eigenvalue weighted by atomic mass is 9.98. The van der Waals surface area contributed by atoms with Gasteiger partial charge in [-0.1, -0.05) is 11.2 Å². The van der Waals surface area contributed by atoms with E-state index in [1.165, 1.54) is 34.1 Å². The molecule has 0 unspecified atom stereocenters. The molecule has 0 aliphatic carbocycles. The highest BCUT2D eigenvalue weighted by Crippen LogP contribution is 2.25. The number of esters is 1. The summed E-state index contributed by atoms with van der Waals surface area (Å²) in [6.07, 6.45) is 3.63. The zero-order valence-electron chi connectivity index (χ0n) is 15.3. The maximum absolute atomic E-state index is 12.6. The van der Waals surface area contributed by atoms with Gasteiger partial charge in [0.15, 0.2) is 6.61 Å². The largest absolute Gasteiger partial charge is 0.455 e. The van der Waals surface area contributed by atoms with Crippen molar-refractivity contribution in [2.75, 3.05) is 13.1 Å². The third kappa shape index (κ3) is 4.36. The number of aromatic nitrogens is 3. The van der Waals surface area contributed by atoms with Crippen molar-refractivity contribution in [1.82, 2.24) is 19.4 Å². The Balaban J connectivity index is 1.29. The summed E-state index contributed by atoms with van der Waals surface area (Å²) in [4.78, 5) is 21.4. The molecule has 0 N–H and O–H groups in total. The Morgan fingerprint density at radius 2 is 2.10 bits per heavy atom. The molecule has 1 fully saturated rings. The number of carbonyl (C=O) groups excluding carboxylic acids is 1. The van der Waals surface area contributed by atoms with Gasteiger partial charge in [0.05, 0.1) is 10.8 Å². The van der Waals surface area contributed by atoms with Crippen LogP contribution in [0.15, 0.2) is 51.5 Å². The zero-order chi connectivity index (χ0) is 20.3. The summed E-state index contributed by atoms with van der Waals surface area (Å²) in [6, 6.07) is 6.85. The van der Waals surface area contributed by atoms with Gasteiger partial charge in [0.1, 0.15) is 4.90 Å². The number of ether oxygens (including phenoxy) is 1. The first kappa shape index (κ1) is 19.7. The number of pyridine rings is 1. The molecule has 152 valence electrons. The third-order valence-electron chi connectivity index (χ3n) is 4.61. The van der Waals surface area contributed by atoms with Crippen LogP contribution in [0.5, 0.6) is 0 Å². The van der Waals surface area contributed by atoms with E-state index in [1.807, 2.05) is 17.5 Å². The van der Waals surface area contributed by atoms with Crippen molar-refractivity contribution in [3.8, 4) is 10.7 Å². The smallest absolute Gasteiger partial charge is 0.309 e. The van der Waals surface area contributed by atoms with E-state index in [0.717, 1.165) is 4.88 Å². The fourth-order valence-electron chi connectivity index (χ4n) is 3.05. The molecule has 0 spiro atoms. The van der Waals surface area contributed by atoms with Crippen LogP contribution in [0.3, 0.4) is 0 Å². The normalized spacial score (nSPS) is 16.0. The molecule has 9 nitrogen and oxygen atoms in total. The number of carbonyl (C=O) groups is 1. The first-order chi connectivity index (χ1) is 14.0. The lowest BCUT2D eigenvalue weighted by Crippen LogP contribution is -2.40. The van der Waals surface area contributed by atoms with E-state index < -0.39 is 10.0 Å². The Morgan fingerprint density at radius 3 is 2.79 bits per heavy atom. The van der Waals surface area contributed by atoms with Gasteiger partial charge in [0, 0.05) is 25.5 Å². The highest BCUT2D eigenvalue weighted by molar-refractivity contribution is 7.89. The zero-order valence-corrected chi connectivity index (χ0v) is 16.9. The standard InChI is InChI=1S/C18H18N4O5S2/c23-18(26-12-16-20-17(21-27-16)15-4-2-10-28-15)13-5-8-22(9-6-13)29(24,25)14-3-1-7-19-11-14/h1-4,7,10-11,13H,5-6,8-9,12H2. The highest BCUT2D eigenvalue weighted by atomic mass is 32.2. The first-order valence-corrected chi connectivity index (χ1v) is 11.3. The number of hydrogen-bond donors (Lipinski definition) is 0. The van der Waals surface area contributed by atoms with E-state index in [9.17, 15) is 13.2 Å². The van der Waals surface area contributed by atoms with Gasteiger partial charge >= 0.3 is 5.97 Å². The molecule has 4 rings (SSSR count). The van der Waals surface area contributed by atoms with E-state index in [2.05, 4.69) is 15.1 Å². The molecule has 3 aromatic heterocycles. The minimum atomic E-state index is -3.60. The minimum absolute atomic E-state index is 0.106. The van der Waals surface area contributed by atoms with Crippen LogP contribution in [-0.4, -0.2) is 46.9 Å². The van der Waals surface area contributed by atoms with Crippen LogP contribution in [0, 0.1) is 5.92 Å². The predicted octanol–water partition coefficient (Wildman–Crippen LogP) is 2.34. The van der Waals surface area contributed by atoms with Crippen molar-refractivity contribution in [2.45, 2.75) is 24.3 Å². The summed E-state index contributed by atoms with van der Waals surface area (Å²) in [5, 5.41) is 5.78. The van der Waals surface area contributed by atoms with Crippen LogP contribution in [0.25, 0.3) is 10.7 Å². The van der Waals surface area contributed by atoms with Crippen molar-refractivity contribution in [3.63, 3.8) is 0 Å². The number of nitrogens with zero attached hydrogens (tertiary/aromatic N) is 4. The van der Waals surface area contributed by atoms with E-state index in [4.69, 9.17) is 9.26 Å². The monoisotopic (exact) mass is 434 g/mol. The Labute approximate surface area is 171 Å². The summed E-state index contributed by atoms with van der Waals surface area (Å²) in [5.74, 6) is -0.0763. The van der Waals surface area contributed by atoms with Crippen molar-refractivity contribution < 1.29 is 22.5 Å². The Bertz CT molecular complexity index is 1060. The van der Waals surface area contributed by atoms with Crippen LogP contribution in [0.4, 0.5) is 0 Å². The quantitative estimate of drug-likeness (QED) is 0.543. The summed E-state index contributed by atoms with van der Waals surface area (Å²) in [5.41, 5.74) is 0. The van der Waals surface area contributed by atoms with Gasteiger partial charge < -0.3 is 9.26 Å². The summed E-state index contributed by atoms with van der Waals surface area (Å²) in [7, 11) is -3.60. The molecule has 1 aliphatic heterocycles. The first-order valence-electron chi connectivity index (χ1n) is 8.97. The summed E-state index contributed by atoms with van der Waals surface area (Å²) < 4.78 is 37.0. The number of thiophene rings is 1. The van der Waals surface area contributed by atoms with E-state index in [0.29, 0.717) is 18.7 Å². The second-order valence-electron chi connectivity index (χ2n) is 6.46. The minimum Gasteiger partial charge on any atom is -0.455 e. The van der Waals surface area contributed by atoms with Gasteiger partial charge in [-0.25, -0.2) is 8.42 Å². The van der Waals surface area contributed by atoms with E-state index in [1.54, 1.807) is 6.07 Å². The molecule has 0 aromatic carbocycles. The lowest BCUT2D eigenvalue weighted by Gasteiger charge is -2.29. The molecule has 0 amide bonds. The second kappa shape index (κ2) is 8.39. The molecule has 1 saturated heterocycles.